The number of carbonyl (C=O) groups is 3. The predicted octanol–water partition coefficient (Wildman–Crippen LogP) is -2.12. The molecular weight excluding hydrogens is 200 g/mol. The Labute approximate surface area is 86.8 Å². The third kappa shape index (κ3) is 4.61. The van der Waals surface area contributed by atoms with Crippen LogP contribution in [0, 0.1) is 11.3 Å². The minimum absolute atomic E-state index is 0.249. The Morgan fingerprint density at radius 1 is 1.33 bits per heavy atom. The lowest BCUT2D eigenvalue weighted by molar-refractivity contribution is -0.140. The van der Waals surface area contributed by atoms with E-state index in [2.05, 4.69) is 16.0 Å². The van der Waals surface area contributed by atoms with Gasteiger partial charge in [-0.3, -0.25) is 14.4 Å². The van der Waals surface area contributed by atoms with Gasteiger partial charge >= 0.3 is 11.8 Å². The van der Waals surface area contributed by atoms with Crippen molar-refractivity contribution >= 4 is 17.7 Å². The van der Waals surface area contributed by atoms with E-state index in [9.17, 15) is 14.4 Å². The average Bonchev–Trinajstić information content (AvgIpc) is 2.24. The molecule has 0 bridgehead atoms. The zero-order chi connectivity index (χ0) is 11.8. The molecule has 0 spiro atoms. The van der Waals surface area contributed by atoms with Gasteiger partial charge in [-0.25, -0.2) is 0 Å². The minimum atomic E-state index is -0.943. The quantitative estimate of drug-likeness (QED) is 0.366. The molecule has 3 amide bonds. The summed E-state index contributed by atoms with van der Waals surface area (Å²) in [6.07, 6.45) is 0. The second-order valence-electron chi connectivity index (χ2n) is 2.65. The molecule has 1 unspecified atom stereocenters. The van der Waals surface area contributed by atoms with Crippen molar-refractivity contribution < 1.29 is 14.4 Å². The molecule has 0 rings (SSSR count). The molecule has 0 heterocycles. The number of amides is 3. The van der Waals surface area contributed by atoms with E-state index in [-0.39, 0.29) is 6.54 Å². The van der Waals surface area contributed by atoms with E-state index < -0.39 is 23.8 Å². The SMILES string of the molecule is CNC(=O)C(C)NC(=O)C(=O)NCC#N. The van der Waals surface area contributed by atoms with Crippen LogP contribution in [-0.4, -0.2) is 37.4 Å². The van der Waals surface area contributed by atoms with Gasteiger partial charge in [0.05, 0.1) is 6.07 Å². The van der Waals surface area contributed by atoms with Gasteiger partial charge in [0, 0.05) is 7.05 Å². The molecule has 0 aliphatic heterocycles. The molecule has 1 atom stereocenters. The monoisotopic (exact) mass is 212 g/mol. The van der Waals surface area contributed by atoms with E-state index >= 15 is 0 Å². The summed E-state index contributed by atoms with van der Waals surface area (Å²) in [7, 11) is 1.42. The maximum atomic E-state index is 11.1. The number of nitriles is 1. The van der Waals surface area contributed by atoms with Crippen LogP contribution in [0.1, 0.15) is 6.92 Å². The molecule has 0 aliphatic carbocycles. The van der Waals surface area contributed by atoms with Crippen LogP contribution in [0.5, 0.6) is 0 Å². The lowest BCUT2D eigenvalue weighted by atomic mass is 10.3. The number of nitrogens with one attached hydrogen (secondary N) is 3. The van der Waals surface area contributed by atoms with Crippen LogP contribution in [0.25, 0.3) is 0 Å². The first kappa shape index (κ1) is 12.9. The minimum Gasteiger partial charge on any atom is -0.357 e. The lowest BCUT2D eigenvalue weighted by Crippen LogP contribution is -2.49. The van der Waals surface area contributed by atoms with Crippen molar-refractivity contribution in [3.63, 3.8) is 0 Å². The average molecular weight is 212 g/mol. The number of hydrogen-bond acceptors (Lipinski definition) is 4. The Hall–Kier alpha value is -2.10. The van der Waals surface area contributed by atoms with Crippen LogP contribution >= 0.6 is 0 Å². The van der Waals surface area contributed by atoms with Crippen molar-refractivity contribution in [2.75, 3.05) is 13.6 Å². The standard InChI is InChI=1S/C8H12N4O3/c1-5(6(13)10-2)12-8(15)7(14)11-4-3-9/h5H,4H2,1-2H3,(H,10,13)(H,11,14)(H,12,15). The van der Waals surface area contributed by atoms with Crippen LogP contribution in [-0.2, 0) is 14.4 Å². The largest absolute Gasteiger partial charge is 0.357 e. The second-order valence-corrected chi connectivity index (χ2v) is 2.65. The highest BCUT2D eigenvalue weighted by atomic mass is 16.2. The van der Waals surface area contributed by atoms with Crippen LogP contribution in [0.15, 0.2) is 0 Å². The molecule has 0 aromatic rings. The summed E-state index contributed by atoms with van der Waals surface area (Å²) in [6, 6.07) is 0.854. The molecular formula is C8H12N4O3. The fourth-order valence-electron chi connectivity index (χ4n) is 0.744. The Balaban J connectivity index is 4.08. The van der Waals surface area contributed by atoms with Crippen LogP contribution in [0.2, 0.25) is 0 Å². The summed E-state index contributed by atoms with van der Waals surface area (Å²) >= 11 is 0. The summed E-state index contributed by atoms with van der Waals surface area (Å²) in [6.45, 7) is 1.19. The normalized spacial score (nSPS) is 10.7. The number of likely N-dealkylation sites (N-methyl/N-ethyl adjacent to an activating group) is 1. The Kier molecular flexibility index (Phi) is 5.48. The van der Waals surface area contributed by atoms with Gasteiger partial charge in [0.25, 0.3) is 0 Å². The van der Waals surface area contributed by atoms with Crippen molar-refractivity contribution in [2.24, 2.45) is 0 Å². The Morgan fingerprint density at radius 3 is 2.40 bits per heavy atom. The molecule has 7 heteroatoms. The van der Waals surface area contributed by atoms with Gasteiger partial charge in [0.2, 0.25) is 5.91 Å². The number of carbonyl (C=O) groups excluding carboxylic acids is 3. The van der Waals surface area contributed by atoms with Crippen LogP contribution in [0.4, 0.5) is 0 Å². The molecule has 15 heavy (non-hydrogen) atoms. The fourth-order valence-corrected chi connectivity index (χ4v) is 0.744. The predicted molar refractivity (Wildman–Crippen MR) is 50.3 cm³/mol. The molecule has 3 N–H and O–H groups in total. The molecule has 7 nitrogen and oxygen atoms in total. The topological polar surface area (TPSA) is 111 Å². The van der Waals surface area contributed by atoms with Crippen molar-refractivity contribution in [2.45, 2.75) is 13.0 Å². The van der Waals surface area contributed by atoms with E-state index in [0.717, 1.165) is 0 Å². The maximum absolute atomic E-state index is 11.1. The summed E-state index contributed by atoms with van der Waals surface area (Å²) in [4.78, 5) is 33.0. The maximum Gasteiger partial charge on any atom is 0.310 e. The molecule has 0 fully saturated rings. The van der Waals surface area contributed by atoms with Crippen molar-refractivity contribution in [1.29, 1.82) is 5.26 Å². The highest BCUT2D eigenvalue weighted by molar-refractivity contribution is 6.35. The summed E-state index contributed by atoms with van der Waals surface area (Å²) < 4.78 is 0. The summed E-state index contributed by atoms with van der Waals surface area (Å²) in [5, 5.41) is 14.7. The van der Waals surface area contributed by atoms with Gasteiger partial charge in [-0.2, -0.15) is 5.26 Å². The summed E-state index contributed by atoms with van der Waals surface area (Å²) in [5.41, 5.74) is 0. The number of nitrogens with zero attached hydrogens (tertiary/aromatic N) is 1. The van der Waals surface area contributed by atoms with Crippen LogP contribution in [0.3, 0.4) is 0 Å². The van der Waals surface area contributed by atoms with Gasteiger partial charge in [0.1, 0.15) is 12.6 Å². The molecule has 0 aliphatic rings. The zero-order valence-electron chi connectivity index (χ0n) is 8.46. The van der Waals surface area contributed by atoms with E-state index in [0.29, 0.717) is 0 Å². The highest BCUT2D eigenvalue weighted by Crippen LogP contribution is 1.81. The van der Waals surface area contributed by atoms with Gasteiger partial charge in [-0.05, 0) is 6.92 Å². The second kappa shape index (κ2) is 6.37. The number of hydrogen-bond donors (Lipinski definition) is 3. The molecule has 0 saturated heterocycles. The van der Waals surface area contributed by atoms with Crippen molar-refractivity contribution in [1.82, 2.24) is 16.0 Å². The third-order valence-electron chi connectivity index (χ3n) is 1.52. The van der Waals surface area contributed by atoms with E-state index in [1.54, 1.807) is 6.07 Å². The first-order chi connectivity index (χ1) is 7.02. The van der Waals surface area contributed by atoms with E-state index in [1.807, 2.05) is 0 Å². The summed E-state index contributed by atoms with van der Waals surface area (Å²) in [5.74, 6) is -2.29. The zero-order valence-corrected chi connectivity index (χ0v) is 8.46. The first-order valence-electron chi connectivity index (χ1n) is 4.20. The van der Waals surface area contributed by atoms with Gasteiger partial charge in [-0.1, -0.05) is 0 Å². The third-order valence-corrected chi connectivity index (χ3v) is 1.52. The lowest BCUT2D eigenvalue weighted by Gasteiger charge is -2.11. The van der Waals surface area contributed by atoms with Gasteiger partial charge < -0.3 is 16.0 Å². The van der Waals surface area contributed by atoms with Crippen molar-refractivity contribution in [3.8, 4) is 6.07 Å². The van der Waals surface area contributed by atoms with Crippen LogP contribution < -0.4 is 16.0 Å². The molecule has 0 saturated carbocycles. The molecule has 0 aromatic carbocycles. The van der Waals surface area contributed by atoms with Gasteiger partial charge in [0.15, 0.2) is 0 Å². The number of rotatable bonds is 3. The van der Waals surface area contributed by atoms with Crippen molar-refractivity contribution in [3.05, 3.63) is 0 Å². The fraction of sp³-hybridized carbons (Fsp3) is 0.500. The molecule has 82 valence electrons. The highest BCUT2D eigenvalue weighted by Gasteiger charge is 2.18. The van der Waals surface area contributed by atoms with Gasteiger partial charge in [-0.15, -0.1) is 0 Å². The Morgan fingerprint density at radius 2 is 1.93 bits per heavy atom. The van der Waals surface area contributed by atoms with E-state index in [1.165, 1.54) is 14.0 Å². The molecule has 0 radical (unpaired) electrons. The van der Waals surface area contributed by atoms with E-state index in [4.69, 9.17) is 5.26 Å². The first-order valence-corrected chi connectivity index (χ1v) is 4.20. The smallest absolute Gasteiger partial charge is 0.310 e. The Bertz CT molecular complexity index is 307. The molecule has 0 aromatic heterocycles.